The number of amides is 1. The van der Waals surface area contributed by atoms with E-state index < -0.39 is 63.3 Å². The van der Waals surface area contributed by atoms with E-state index in [0.717, 1.165) is 0 Å². The predicted molar refractivity (Wildman–Crippen MR) is 159 cm³/mol. The first kappa shape index (κ1) is 36.6. The van der Waals surface area contributed by atoms with Crippen LogP contribution in [-0.4, -0.2) is 75.0 Å². The molecule has 2 rings (SSSR count). The third-order valence-electron chi connectivity index (χ3n) is 10.1. The summed E-state index contributed by atoms with van der Waals surface area (Å²) in [5.74, 6) is -0.170. The Labute approximate surface area is 248 Å². The van der Waals surface area contributed by atoms with Gasteiger partial charge in [0.1, 0.15) is 0 Å². The SMILES string of the molecule is CC(C)[C@]1(C)O[Si]2(CCCNC(=O)CCCCC(CCS(=O)(=O)O)S(=O)(=O)O)OC(C)([C@@H](C)[C@@](C)(C(C)C)O2)[C@@H]1C. The molecule has 0 aromatic heterocycles. The molecule has 1 amide bonds. The molecule has 3 unspecified atom stereocenters. The average Bonchev–Trinajstić information content (AvgIpc) is 2.82. The molecular formula is C27H53NO10S2Si. The minimum atomic E-state index is -4.47. The highest BCUT2D eigenvalue weighted by molar-refractivity contribution is 7.87. The summed E-state index contributed by atoms with van der Waals surface area (Å²) in [7, 11) is -11.9. The van der Waals surface area contributed by atoms with Crippen LogP contribution in [0.5, 0.6) is 0 Å². The van der Waals surface area contributed by atoms with Gasteiger partial charge in [0.15, 0.2) is 0 Å². The second-order valence-corrected chi connectivity index (χ2v) is 19.0. The number of rotatable bonds is 15. The number of unbranched alkanes of at least 4 members (excludes halogenated alkanes) is 1. The van der Waals surface area contributed by atoms with Gasteiger partial charge < -0.3 is 18.6 Å². The maximum absolute atomic E-state index is 12.5. The van der Waals surface area contributed by atoms with Gasteiger partial charge in [-0.2, -0.15) is 16.8 Å². The van der Waals surface area contributed by atoms with Crippen LogP contribution in [0.3, 0.4) is 0 Å². The Morgan fingerprint density at radius 2 is 1.37 bits per heavy atom. The molecule has 7 atom stereocenters. The van der Waals surface area contributed by atoms with E-state index in [0.29, 0.717) is 31.9 Å². The van der Waals surface area contributed by atoms with Gasteiger partial charge in [-0.3, -0.25) is 13.9 Å². The van der Waals surface area contributed by atoms with Crippen molar-refractivity contribution in [1.82, 2.24) is 5.32 Å². The van der Waals surface area contributed by atoms with Crippen LogP contribution in [0.15, 0.2) is 0 Å². The monoisotopic (exact) mass is 643 g/mol. The minimum Gasteiger partial charge on any atom is -0.367 e. The van der Waals surface area contributed by atoms with Crippen LogP contribution in [-0.2, 0) is 38.3 Å². The summed E-state index contributed by atoms with van der Waals surface area (Å²) in [4.78, 5) is 12.5. The van der Waals surface area contributed by atoms with Crippen LogP contribution in [0, 0.1) is 23.7 Å². The quantitative estimate of drug-likeness (QED) is 0.132. The van der Waals surface area contributed by atoms with Gasteiger partial charge in [0.2, 0.25) is 5.91 Å². The summed E-state index contributed by atoms with van der Waals surface area (Å²) >= 11 is 0. The van der Waals surface area contributed by atoms with Gasteiger partial charge in [-0.1, -0.05) is 48.0 Å². The highest BCUT2D eigenvalue weighted by Gasteiger charge is 2.70. The number of carbonyl (C=O) groups excluding carboxylic acids is 1. The zero-order chi connectivity index (χ0) is 31.7. The van der Waals surface area contributed by atoms with E-state index in [1.54, 1.807) is 0 Å². The first-order valence-corrected chi connectivity index (χ1v) is 19.9. The molecule has 2 heterocycles. The molecule has 0 saturated carbocycles. The smallest absolute Gasteiger partial charge is 0.367 e. The van der Waals surface area contributed by atoms with Gasteiger partial charge in [-0.15, -0.1) is 0 Å². The lowest BCUT2D eigenvalue weighted by Gasteiger charge is -2.67. The van der Waals surface area contributed by atoms with Gasteiger partial charge in [0.25, 0.3) is 20.2 Å². The fourth-order valence-corrected chi connectivity index (χ4v) is 12.2. The number of fused-ring (bicyclic) bond motifs is 2. The van der Waals surface area contributed by atoms with Crippen LogP contribution in [0.1, 0.15) is 101 Å². The van der Waals surface area contributed by atoms with Crippen LogP contribution < -0.4 is 5.32 Å². The Balaban J connectivity index is 1.96. The zero-order valence-corrected chi connectivity index (χ0v) is 28.9. The van der Waals surface area contributed by atoms with Gasteiger partial charge in [0, 0.05) is 30.8 Å². The maximum Gasteiger partial charge on any atom is 0.502 e. The van der Waals surface area contributed by atoms with E-state index >= 15 is 0 Å². The van der Waals surface area contributed by atoms with Crippen molar-refractivity contribution in [3.05, 3.63) is 0 Å². The molecule has 41 heavy (non-hydrogen) atoms. The molecule has 2 saturated heterocycles. The summed E-state index contributed by atoms with van der Waals surface area (Å²) < 4.78 is 83.8. The molecule has 2 bridgehead atoms. The molecule has 3 N–H and O–H groups in total. The molecular weight excluding hydrogens is 591 g/mol. The van der Waals surface area contributed by atoms with Crippen molar-refractivity contribution < 1.29 is 44.0 Å². The number of nitrogens with one attached hydrogen (secondary N) is 1. The summed E-state index contributed by atoms with van der Waals surface area (Å²) in [6.07, 6.45) is 1.01. The third-order valence-corrected chi connectivity index (χ3v) is 15.4. The van der Waals surface area contributed by atoms with E-state index in [1.807, 2.05) is 0 Å². The Morgan fingerprint density at radius 1 is 0.854 bits per heavy atom. The first-order chi connectivity index (χ1) is 18.5. The molecule has 0 aromatic rings. The number of hydrogen-bond acceptors (Lipinski definition) is 8. The molecule has 14 heteroatoms. The lowest BCUT2D eigenvalue weighted by atomic mass is 9.63. The zero-order valence-electron chi connectivity index (χ0n) is 26.2. The lowest BCUT2D eigenvalue weighted by molar-refractivity contribution is -0.287. The molecule has 2 aliphatic heterocycles. The maximum atomic E-state index is 12.5. The van der Waals surface area contributed by atoms with Crippen LogP contribution >= 0.6 is 0 Å². The highest BCUT2D eigenvalue weighted by Crippen LogP contribution is 2.58. The van der Waals surface area contributed by atoms with Gasteiger partial charge >= 0.3 is 8.80 Å². The number of hydrogen-bond donors (Lipinski definition) is 3. The van der Waals surface area contributed by atoms with Crippen molar-refractivity contribution in [2.24, 2.45) is 23.7 Å². The van der Waals surface area contributed by atoms with Gasteiger partial charge in [0.05, 0.1) is 27.8 Å². The van der Waals surface area contributed by atoms with Crippen molar-refractivity contribution in [3.63, 3.8) is 0 Å². The van der Waals surface area contributed by atoms with Crippen molar-refractivity contribution in [1.29, 1.82) is 0 Å². The molecule has 0 aromatic carbocycles. The largest absolute Gasteiger partial charge is 0.502 e. The van der Waals surface area contributed by atoms with Crippen molar-refractivity contribution >= 4 is 34.9 Å². The van der Waals surface area contributed by atoms with Gasteiger partial charge in [-0.05, 0) is 58.3 Å². The topological polar surface area (TPSA) is 166 Å². The highest BCUT2D eigenvalue weighted by atomic mass is 32.2. The molecule has 11 nitrogen and oxygen atoms in total. The molecule has 2 aliphatic rings. The van der Waals surface area contributed by atoms with E-state index in [9.17, 15) is 26.2 Å². The molecule has 0 radical (unpaired) electrons. The second-order valence-electron chi connectivity index (χ2n) is 13.2. The van der Waals surface area contributed by atoms with Crippen molar-refractivity contribution in [2.75, 3.05) is 12.3 Å². The number of carbonyl (C=O) groups is 1. The van der Waals surface area contributed by atoms with Crippen LogP contribution in [0.25, 0.3) is 0 Å². The fourth-order valence-electron chi connectivity index (χ4n) is 6.32. The average molecular weight is 644 g/mol. The van der Waals surface area contributed by atoms with E-state index in [4.69, 9.17) is 17.8 Å². The van der Waals surface area contributed by atoms with Gasteiger partial charge in [-0.25, -0.2) is 0 Å². The normalized spacial score (nSPS) is 35.0. The van der Waals surface area contributed by atoms with E-state index in [2.05, 4.69) is 67.6 Å². The Hall–Kier alpha value is -0.613. The Morgan fingerprint density at radius 3 is 1.80 bits per heavy atom. The first-order valence-electron chi connectivity index (χ1n) is 14.8. The van der Waals surface area contributed by atoms with E-state index in [1.165, 1.54) is 0 Å². The summed E-state index contributed by atoms with van der Waals surface area (Å²) in [5, 5.41) is 1.59. The molecule has 0 spiro atoms. The summed E-state index contributed by atoms with van der Waals surface area (Å²) in [6, 6.07) is 0.566. The third kappa shape index (κ3) is 8.52. The van der Waals surface area contributed by atoms with Crippen molar-refractivity contribution in [2.45, 2.75) is 129 Å². The lowest BCUT2D eigenvalue weighted by Crippen LogP contribution is -2.78. The molecule has 2 fully saturated rings. The second kappa shape index (κ2) is 13.2. The Bertz CT molecular complexity index is 1100. The Kier molecular flexibility index (Phi) is 11.7. The molecule has 242 valence electrons. The van der Waals surface area contributed by atoms with E-state index in [-0.39, 0.29) is 42.4 Å². The minimum absolute atomic E-state index is 0.0133. The van der Waals surface area contributed by atoms with Crippen LogP contribution in [0.4, 0.5) is 0 Å². The predicted octanol–water partition coefficient (Wildman–Crippen LogP) is 4.46. The summed E-state index contributed by atoms with van der Waals surface area (Å²) in [6.45, 7) is 20.0. The van der Waals surface area contributed by atoms with Crippen LogP contribution in [0.2, 0.25) is 6.04 Å². The standard InChI is InChI=1S/C27H53NO10S2Si/c1-19(2)25(7)21(5)27(9)22(6)26(8,20(3)4)37-41(36-25,38-27)18-12-16-28-24(29)14-11-10-13-23(40(33,34)35)15-17-39(30,31)32/h19-23H,10-18H2,1-9H3,(H,28,29)(H,30,31,32)(H,33,34,35)/t21-,22+,23?,25+,26-,27?,41?. The summed E-state index contributed by atoms with van der Waals surface area (Å²) in [5.41, 5.74) is -1.27. The fraction of sp³-hybridized carbons (Fsp3) is 0.963. The van der Waals surface area contributed by atoms with Crippen molar-refractivity contribution in [3.8, 4) is 0 Å². The molecule has 0 aliphatic carbocycles.